The van der Waals surface area contributed by atoms with E-state index in [1.54, 1.807) is 6.20 Å². The van der Waals surface area contributed by atoms with Crippen LogP contribution in [0.2, 0.25) is 0 Å². The molecule has 0 atom stereocenters. The topological polar surface area (TPSA) is 69.0 Å². The Labute approximate surface area is 182 Å². The summed E-state index contributed by atoms with van der Waals surface area (Å²) in [5.41, 5.74) is 5.38. The molecule has 0 spiro atoms. The van der Waals surface area contributed by atoms with Gasteiger partial charge in [-0.05, 0) is 61.6 Å². The first kappa shape index (κ1) is 19.3. The highest BCUT2D eigenvalue weighted by molar-refractivity contribution is 6.00. The van der Waals surface area contributed by atoms with Crippen molar-refractivity contribution in [3.8, 4) is 6.07 Å². The minimum absolute atomic E-state index is 0.0869. The van der Waals surface area contributed by atoms with Gasteiger partial charge >= 0.3 is 0 Å². The van der Waals surface area contributed by atoms with E-state index >= 15 is 0 Å². The van der Waals surface area contributed by atoms with Gasteiger partial charge in [0.1, 0.15) is 5.82 Å². The molecule has 0 radical (unpaired) electrons. The Morgan fingerprint density at radius 2 is 1.81 bits per heavy atom. The first-order valence-electron chi connectivity index (χ1n) is 10.6. The van der Waals surface area contributed by atoms with E-state index in [0.717, 1.165) is 41.2 Å². The quantitative estimate of drug-likeness (QED) is 0.656. The molecule has 0 bridgehead atoms. The molecule has 154 valence electrons. The van der Waals surface area contributed by atoms with Crippen LogP contribution in [0.15, 0.2) is 60.8 Å². The lowest BCUT2D eigenvalue weighted by molar-refractivity contribution is -0.122. The summed E-state index contributed by atoms with van der Waals surface area (Å²) in [5.74, 6) is 0.792. The van der Waals surface area contributed by atoms with E-state index in [4.69, 9.17) is 0 Å². The van der Waals surface area contributed by atoms with Crippen molar-refractivity contribution < 1.29 is 4.79 Å². The fourth-order valence-electron chi connectivity index (χ4n) is 4.53. The third-order valence-corrected chi connectivity index (χ3v) is 6.43. The van der Waals surface area contributed by atoms with Gasteiger partial charge in [-0.15, -0.1) is 0 Å². The first-order valence-corrected chi connectivity index (χ1v) is 10.6. The summed E-state index contributed by atoms with van der Waals surface area (Å²) in [5, 5.41) is 13.0. The molecule has 31 heavy (non-hydrogen) atoms. The number of nitriles is 1. The summed E-state index contributed by atoms with van der Waals surface area (Å²) >= 11 is 0. The summed E-state index contributed by atoms with van der Waals surface area (Å²) in [6.07, 6.45) is 3.28. The van der Waals surface area contributed by atoms with Crippen LogP contribution in [0.1, 0.15) is 36.1 Å². The number of pyridine rings is 1. The molecule has 1 aromatic heterocycles. The number of carbonyl (C=O) groups is 1. The lowest BCUT2D eigenvalue weighted by Crippen LogP contribution is -2.36. The minimum atomic E-state index is -0.648. The summed E-state index contributed by atoms with van der Waals surface area (Å²) in [6.45, 7) is 4.25. The monoisotopic (exact) mass is 408 g/mol. The molecular formula is C26H24N4O. The summed E-state index contributed by atoms with van der Waals surface area (Å²) in [6, 6.07) is 20.5. The zero-order valence-electron chi connectivity index (χ0n) is 17.7. The van der Waals surface area contributed by atoms with E-state index in [9.17, 15) is 10.1 Å². The number of anilines is 3. The third-order valence-electron chi connectivity index (χ3n) is 6.43. The largest absolute Gasteiger partial charge is 0.338 e. The second-order valence-electron chi connectivity index (χ2n) is 8.90. The second-order valence-corrected chi connectivity index (χ2v) is 8.90. The SMILES string of the molecule is CC(C)(C#N)c1ccc2c(c1)N(C(=O)C1Cc3ccccc3C1)Cc1cccnc1N2. The average molecular weight is 409 g/mol. The molecule has 0 saturated carbocycles. The molecule has 5 rings (SSSR count). The number of carbonyl (C=O) groups excluding carboxylic acids is 1. The van der Waals surface area contributed by atoms with Crippen molar-refractivity contribution in [2.45, 2.75) is 38.6 Å². The van der Waals surface area contributed by atoms with E-state index in [-0.39, 0.29) is 11.8 Å². The van der Waals surface area contributed by atoms with E-state index < -0.39 is 5.41 Å². The Balaban J connectivity index is 1.58. The van der Waals surface area contributed by atoms with Gasteiger partial charge in [-0.2, -0.15) is 5.26 Å². The number of nitrogens with one attached hydrogen (secondary N) is 1. The smallest absolute Gasteiger partial charge is 0.231 e. The fraction of sp³-hybridized carbons (Fsp3) is 0.269. The van der Waals surface area contributed by atoms with E-state index in [2.05, 4.69) is 28.5 Å². The third kappa shape index (κ3) is 3.34. The van der Waals surface area contributed by atoms with Gasteiger partial charge in [0.2, 0.25) is 5.91 Å². The molecule has 1 amide bonds. The number of fused-ring (bicyclic) bond motifs is 3. The maximum Gasteiger partial charge on any atom is 0.231 e. The highest BCUT2D eigenvalue weighted by Gasteiger charge is 2.34. The van der Waals surface area contributed by atoms with Crippen molar-refractivity contribution >= 4 is 23.1 Å². The average Bonchev–Trinajstić information content (AvgIpc) is 3.15. The van der Waals surface area contributed by atoms with Crippen LogP contribution in [0.4, 0.5) is 17.2 Å². The van der Waals surface area contributed by atoms with Gasteiger partial charge in [-0.25, -0.2) is 4.98 Å². The Kier molecular flexibility index (Phi) is 4.51. The van der Waals surface area contributed by atoms with Crippen molar-refractivity contribution in [2.24, 2.45) is 5.92 Å². The second kappa shape index (κ2) is 7.24. The molecule has 1 aliphatic heterocycles. The first-order chi connectivity index (χ1) is 15.0. The van der Waals surface area contributed by atoms with Crippen molar-refractivity contribution in [2.75, 3.05) is 10.2 Å². The molecule has 0 saturated heterocycles. The van der Waals surface area contributed by atoms with Crippen LogP contribution in [0, 0.1) is 17.2 Å². The van der Waals surface area contributed by atoms with Gasteiger partial charge in [0.25, 0.3) is 0 Å². The van der Waals surface area contributed by atoms with Crippen LogP contribution in [-0.4, -0.2) is 10.9 Å². The van der Waals surface area contributed by atoms with Crippen LogP contribution in [0.5, 0.6) is 0 Å². The maximum absolute atomic E-state index is 13.8. The molecule has 0 fully saturated rings. The Hall–Kier alpha value is -3.65. The fourth-order valence-corrected chi connectivity index (χ4v) is 4.53. The van der Waals surface area contributed by atoms with Crippen LogP contribution < -0.4 is 10.2 Å². The minimum Gasteiger partial charge on any atom is -0.338 e. The van der Waals surface area contributed by atoms with E-state index in [0.29, 0.717) is 6.54 Å². The zero-order valence-corrected chi connectivity index (χ0v) is 17.7. The number of rotatable bonds is 2. The number of hydrogen-bond acceptors (Lipinski definition) is 4. The number of hydrogen-bond donors (Lipinski definition) is 1. The molecule has 2 aromatic carbocycles. The van der Waals surface area contributed by atoms with Crippen molar-refractivity contribution in [1.82, 2.24) is 4.98 Å². The summed E-state index contributed by atoms with van der Waals surface area (Å²) in [4.78, 5) is 20.2. The number of nitrogens with zero attached hydrogens (tertiary/aromatic N) is 3. The molecular weight excluding hydrogens is 384 g/mol. The summed E-state index contributed by atoms with van der Waals surface area (Å²) in [7, 11) is 0. The van der Waals surface area contributed by atoms with Gasteiger partial charge in [0.05, 0.1) is 29.4 Å². The molecule has 2 aliphatic rings. The highest BCUT2D eigenvalue weighted by Crippen LogP contribution is 2.40. The van der Waals surface area contributed by atoms with Crippen LogP contribution >= 0.6 is 0 Å². The van der Waals surface area contributed by atoms with Gasteiger partial charge in [-0.1, -0.05) is 36.4 Å². The molecule has 5 nitrogen and oxygen atoms in total. The van der Waals surface area contributed by atoms with Crippen LogP contribution in [-0.2, 0) is 29.6 Å². The number of benzene rings is 2. The molecule has 2 heterocycles. The molecule has 1 aliphatic carbocycles. The van der Waals surface area contributed by atoms with Crippen LogP contribution in [0.25, 0.3) is 0 Å². The van der Waals surface area contributed by atoms with Gasteiger partial charge < -0.3 is 10.2 Å². The standard InChI is InChI=1S/C26H24N4O/c1-26(2,16-27)21-9-10-22-23(14-21)30(15-19-8-5-11-28-24(19)29-22)25(31)20-12-17-6-3-4-7-18(17)13-20/h3-11,14,20H,12-13,15H2,1-2H3,(H,28,29). The van der Waals surface area contributed by atoms with Gasteiger partial charge in [-0.3, -0.25) is 4.79 Å². The highest BCUT2D eigenvalue weighted by atomic mass is 16.2. The summed E-state index contributed by atoms with van der Waals surface area (Å²) < 4.78 is 0. The predicted octanol–water partition coefficient (Wildman–Crippen LogP) is 4.89. The maximum atomic E-state index is 13.8. The number of amides is 1. The number of aromatic nitrogens is 1. The predicted molar refractivity (Wildman–Crippen MR) is 121 cm³/mol. The molecule has 0 unspecified atom stereocenters. The van der Waals surface area contributed by atoms with Crippen molar-refractivity contribution in [1.29, 1.82) is 5.26 Å². The van der Waals surface area contributed by atoms with Crippen molar-refractivity contribution in [3.63, 3.8) is 0 Å². The van der Waals surface area contributed by atoms with Gasteiger partial charge in [0.15, 0.2) is 0 Å². The normalized spacial score (nSPS) is 15.2. The Bertz CT molecular complexity index is 1200. The Morgan fingerprint density at radius 1 is 1.10 bits per heavy atom. The lowest BCUT2D eigenvalue weighted by Gasteiger charge is -2.27. The molecule has 5 heteroatoms. The molecule has 3 aromatic rings. The Morgan fingerprint density at radius 3 is 2.52 bits per heavy atom. The van der Waals surface area contributed by atoms with E-state index in [1.807, 2.05) is 61.2 Å². The van der Waals surface area contributed by atoms with Crippen LogP contribution in [0.3, 0.4) is 0 Å². The zero-order chi connectivity index (χ0) is 21.6. The lowest BCUT2D eigenvalue weighted by atomic mass is 9.86. The molecule has 1 N–H and O–H groups in total. The van der Waals surface area contributed by atoms with E-state index in [1.165, 1.54) is 11.1 Å². The van der Waals surface area contributed by atoms with Gasteiger partial charge in [0, 0.05) is 17.7 Å². The van der Waals surface area contributed by atoms with Crippen molar-refractivity contribution in [3.05, 3.63) is 83.0 Å².